The molecule has 0 saturated heterocycles. The van der Waals surface area contributed by atoms with E-state index in [1.54, 1.807) is 0 Å². The highest BCUT2D eigenvalue weighted by Crippen LogP contribution is 2.30. The van der Waals surface area contributed by atoms with E-state index in [0.29, 0.717) is 0 Å². The minimum atomic E-state index is -4.45. The standard InChI is InChI=1S/C10H5F3N4/c11-10(12,13)7-2-1-3-8(4-7)16-17-9(5-14)6-15/h1-4,16H. The van der Waals surface area contributed by atoms with Crippen molar-refractivity contribution in [2.24, 2.45) is 5.10 Å². The Kier molecular flexibility index (Phi) is 3.68. The van der Waals surface area contributed by atoms with E-state index in [1.807, 2.05) is 0 Å². The van der Waals surface area contributed by atoms with Crippen LogP contribution in [0.2, 0.25) is 0 Å². The minimum Gasteiger partial charge on any atom is -0.276 e. The van der Waals surface area contributed by atoms with Gasteiger partial charge in [0.05, 0.1) is 11.3 Å². The second-order valence-corrected chi connectivity index (χ2v) is 2.87. The van der Waals surface area contributed by atoms with Crippen LogP contribution in [0.1, 0.15) is 5.56 Å². The van der Waals surface area contributed by atoms with Crippen LogP contribution in [0, 0.1) is 22.7 Å². The Morgan fingerprint density at radius 3 is 2.41 bits per heavy atom. The highest BCUT2D eigenvalue weighted by molar-refractivity contribution is 6.10. The molecule has 1 aromatic rings. The molecule has 0 saturated carbocycles. The summed E-state index contributed by atoms with van der Waals surface area (Å²) in [6.45, 7) is 0. The normalized spacial score (nSPS) is 9.94. The Bertz CT molecular complexity index is 504. The van der Waals surface area contributed by atoms with Gasteiger partial charge in [0.15, 0.2) is 0 Å². The van der Waals surface area contributed by atoms with Crippen LogP contribution in [-0.4, -0.2) is 5.71 Å². The second-order valence-electron chi connectivity index (χ2n) is 2.87. The van der Waals surface area contributed by atoms with Crippen LogP contribution < -0.4 is 5.43 Å². The molecule has 17 heavy (non-hydrogen) atoms. The number of benzene rings is 1. The summed E-state index contributed by atoms with van der Waals surface area (Å²) in [5.74, 6) is 0. The molecule has 0 atom stereocenters. The molecule has 0 aliphatic heterocycles. The molecule has 0 heterocycles. The molecule has 0 unspecified atom stereocenters. The summed E-state index contributed by atoms with van der Waals surface area (Å²) >= 11 is 0. The van der Waals surface area contributed by atoms with Crippen LogP contribution in [0.3, 0.4) is 0 Å². The van der Waals surface area contributed by atoms with Crippen molar-refractivity contribution >= 4 is 11.4 Å². The largest absolute Gasteiger partial charge is 0.416 e. The van der Waals surface area contributed by atoms with Crippen LogP contribution in [-0.2, 0) is 6.18 Å². The molecule has 0 radical (unpaired) electrons. The zero-order chi connectivity index (χ0) is 12.9. The zero-order valence-corrected chi connectivity index (χ0v) is 8.28. The molecule has 0 amide bonds. The molecular formula is C10H5F3N4. The Morgan fingerprint density at radius 2 is 1.88 bits per heavy atom. The van der Waals surface area contributed by atoms with E-state index in [2.05, 4.69) is 10.5 Å². The van der Waals surface area contributed by atoms with Gasteiger partial charge in [-0.15, -0.1) is 0 Å². The zero-order valence-electron chi connectivity index (χ0n) is 8.28. The Balaban J connectivity index is 2.93. The number of nitrogens with one attached hydrogen (secondary N) is 1. The molecule has 1 aromatic carbocycles. The van der Waals surface area contributed by atoms with Crippen molar-refractivity contribution in [2.75, 3.05) is 5.43 Å². The number of nitrogens with zero attached hydrogens (tertiary/aromatic N) is 3. The topological polar surface area (TPSA) is 72.0 Å². The quantitative estimate of drug-likeness (QED) is 0.635. The average molecular weight is 238 g/mol. The van der Waals surface area contributed by atoms with Gasteiger partial charge in [0.2, 0.25) is 5.71 Å². The lowest BCUT2D eigenvalue weighted by Crippen LogP contribution is -2.05. The molecule has 4 nitrogen and oxygen atoms in total. The summed E-state index contributed by atoms with van der Waals surface area (Å²) in [4.78, 5) is 0. The fraction of sp³-hybridized carbons (Fsp3) is 0.100. The van der Waals surface area contributed by atoms with Crippen LogP contribution in [0.25, 0.3) is 0 Å². The maximum Gasteiger partial charge on any atom is 0.416 e. The summed E-state index contributed by atoms with van der Waals surface area (Å²) < 4.78 is 37.0. The van der Waals surface area contributed by atoms with Crippen molar-refractivity contribution in [3.05, 3.63) is 29.8 Å². The van der Waals surface area contributed by atoms with Crippen molar-refractivity contribution in [3.8, 4) is 12.1 Å². The van der Waals surface area contributed by atoms with E-state index in [0.717, 1.165) is 12.1 Å². The molecule has 0 spiro atoms. The van der Waals surface area contributed by atoms with E-state index < -0.39 is 17.5 Å². The molecule has 0 bridgehead atoms. The Labute approximate surface area is 94.6 Å². The predicted molar refractivity (Wildman–Crippen MR) is 53.7 cm³/mol. The van der Waals surface area contributed by atoms with Crippen LogP contribution in [0.15, 0.2) is 29.4 Å². The molecule has 0 fully saturated rings. The van der Waals surface area contributed by atoms with Gasteiger partial charge in [0, 0.05) is 0 Å². The van der Waals surface area contributed by atoms with Gasteiger partial charge in [-0.2, -0.15) is 28.8 Å². The van der Waals surface area contributed by atoms with Gasteiger partial charge in [0.1, 0.15) is 12.1 Å². The van der Waals surface area contributed by atoms with Crippen LogP contribution in [0.5, 0.6) is 0 Å². The fourth-order valence-electron chi connectivity index (χ4n) is 0.961. The number of hydrogen-bond acceptors (Lipinski definition) is 4. The third kappa shape index (κ3) is 3.50. The molecule has 86 valence electrons. The smallest absolute Gasteiger partial charge is 0.276 e. The Morgan fingerprint density at radius 1 is 1.24 bits per heavy atom. The monoisotopic (exact) mass is 238 g/mol. The minimum absolute atomic E-state index is 0.0443. The summed E-state index contributed by atoms with van der Waals surface area (Å²) in [5, 5.41) is 20.1. The second kappa shape index (κ2) is 4.99. The lowest BCUT2D eigenvalue weighted by atomic mass is 10.2. The maximum atomic E-state index is 12.3. The van der Waals surface area contributed by atoms with Crippen molar-refractivity contribution < 1.29 is 13.2 Å². The van der Waals surface area contributed by atoms with Crippen LogP contribution >= 0.6 is 0 Å². The first kappa shape index (κ1) is 12.5. The third-order valence-electron chi connectivity index (χ3n) is 1.70. The van der Waals surface area contributed by atoms with Crippen molar-refractivity contribution in [3.63, 3.8) is 0 Å². The molecule has 1 N–H and O–H groups in total. The molecular weight excluding hydrogens is 233 g/mol. The number of hydrogen-bond donors (Lipinski definition) is 1. The van der Waals surface area contributed by atoms with Gasteiger partial charge in [-0.05, 0) is 18.2 Å². The Hall–Kier alpha value is -2.54. The summed E-state index contributed by atoms with van der Waals surface area (Å²) in [6, 6.07) is 7.21. The van der Waals surface area contributed by atoms with Gasteiger partial charge in [-0.3, -0.25) is 5.43 Å². The molecule has 7 heteroatoms. The molecule has 0 aliphatic carbocycles. The summed E-state index contributed by atoms with van der Waals surface area (Å²) in [7, 11) is 0. The fourth-order valence-corrected chi connectivity index (χ4v) is 0.961. The van der Waals surface area contributed by atoms with E-state index in [9.17, 15) is 13.2 Å². The maximum absolute atomic E-state index is 12.3. The predicted octanol–water partition coefficient (Wildman–Crippen LogP) is 2.52. The highest BCUT2D eigenvalue weighted by Gasteiger charge is 2.30. The first-order valence-corrected chi connectivity index (χ1v) is 4.28. The van der Waals surface area contributed by atoms with E-state index in [-0.39, 0.29) is 5.69 Å². The van der Waals surface area contributed by atoms with E-state index in [4.69, 9.17) is 10.5 Å². The number of halogens is 3. The third-order valence-corrected chi connectivity index (χ3v) is 1.70. The average Bonchev–Trinajstić information content (AvgIpc) is 2.30. The SMILES string of the molecule is N#CC(C#N)=NNc1cccc(C(F)(F)F)c1. The number of hydrazone groups is 1. The lowest BCUT2D eigenvalue weighted by molar-refractivity contribution is -0.137. The van der Waals surface area contributed by atoms with E-state index in [1.165, 1.54) is 24.3 Å². The number of anilines is 1. The number of nitriles is 2. The number of alkyl halides is 3. The highest BCUT2D eigenvalue weighted by atomic mass is 19.4. The first-order valence-electron chi connectivity index (χ1n) is 4.28. The molecule has 0 aromatic heterocycles. The summed E-state index contributed by atoms with van der Waals surface area (Å²) in [5.41, 5.74) is 0.937. The number of rotatable bonds is 2. The van der Waals surface area contributed by atoms with Crippen molar-refractivity contribution in [2.45, 2.75) is 6.18 Å². The van der Waals surface area contributed by atoms with Gasteiger partial charge < -0.3 is 0 Å². The van der Waals surface area contributed by atoms with Crippen LogP contribution in [0.4, 0.5) is 18.9 Å². The van der Waals surface area contributed by atoms with Gasteiger partial charge in [0.25, 0.3) is 0 Å². The van der Waals surface area contributed by atoms with Crippen molar-refractivity contribution in [1.29, 1.82) is 10.5 Å². The first-order chi connectivity index (χ1) is 7.97. The molecule has 0 aliphatic rings. The summed E-state index contributed by atoms with van der Waals surface area (Å²) in [6.07, 6.45) is -4.45. The molecule has 1 rings (SSSR count). The van der Waals surface area contributed by atoms with Gasteiger partial charge in [-0.1, -0.05) is 6.07 Å². The lowest BCUT2D eigenvalue weighted by Gasteiger charge is -2.07. The van der Waals surface area contributed by atoms with Crippen molar-refractivity contribution in [1.82, 2.24) is 0 Å². The van der Waals surface area contributed by atoms with Gasteiger partial charge in [-0.25, -0.2) is 0 Å². The van der Waals surface area contributed by atoms with Gasteiger partial charge >= 0.3 is 6.18 Å². The van der Waals surface area contributed by atoms with E-state index >= 15 is 0 Å².